The number of hydrogen-bond donors (Lipinski definition) is 0. The fourth-order valence-corrected chi connectivity index (χ4v) is 5.25. The molecule has 1 aliphatic heterocycles. The van der Waals surface area contributed by atoms with Gasteiger partial charge in [0.25, 0.3) is 0 Å². The molecule has 2 fully saturated rings. The second kappa shape index (κ2) is 8.00. The van der Waals surface area contributed by atoms with Crippen molar-refractivity contribution in [2.75, 3.05) is 33.4 Å². The second-order valence-electron chi connectivity index (χ2n) is 8.75. The Bertz CT molecular complexity index is 922. The third-order valence-electron chi connectivity index (χ3n) is 6.74. The van der Waals surface area contributed by atoms with E-state index in [0.29, 0.717) is 12.5 Å². The monoisotopic (exact) mass is 392 g/mol. The Labute approximate surface area is 173 Å². The average molecular weight is 393 g/mol. The van der Waals surface area contributed by atoms with Crippen molar-refractivity contribution in [1.29, 1.82) is 0 Å². The number of likely N-dealkylation sites (tertiary alicyclic amines) is 1. The fourth-order valence-electron chi connectivity index (χ4n) is 5.25. The molecule has 1 saturated heterocycles. The molecular weight excluding hydrogens is 360 g/mol. The summed E-state index contributed by atoms with van der Waals surface area (Å²) in [5.41, 5.74) is 2.59. The van der Waals surface area contributed by atoms with E-state index in [-0.39, 0.29) is 5.54 Å². The number of allylic oxidation sites excluding steroid dienone is 3. The molecule has 0 spiro atoms. The topological polar surface area (TPSA) is 26.6 Å². The Balaban J connectivity index is 1.31. The molecule has 0 amide bonds. The van der Waals surface area contributed by atoms with Crippen LogP contribution in [-0.2, 0) is 21.6 Å². The van der Waals surface area contributed by atoms with E-state index in [2.05, 4.69) is 58.0 Å². The Morgan fingerprint density at radius 2 is 2.03 bits per heavy atom. The van der Waals surface area contributed by atoms with Gasteiger partial charge in [-0.2, -0.15) is 0 Å². The number of aromatic nitrogens is 1. The molecule has 2 unspecified atom stereocenters. The fraction of sp³-hybridized carbons (Fsp3) is 0.520. The highest BCUT2D eigenvalue weighted by molar-refractivity contribution is 5.82. The Morgan fingerprint density at radius 3 is 2.90 bits per heavy atom. The first kappa shape index (κ1) is 19.0. The molecule has 2 heterocycles. The predicted molar refractivity (Wildman–Crippen MR) is 117 cm³/mol. The van der Waals surface area contributed by atoms with Gasteiger partial charge in [0.15, 0.2) is 0 Å². The van der Waals surface area contributed by atoms with Crippen LogP contribution in [0.3, 0.4) is 0 Å². The Hall–Kier alpha value is -2.04. The summed E-state index contributed by atoms with van der Waals surface area (Å²) in [5.74, 6) is 1.65. The quantitative estimate of drug-likeness (QED) is 0.475. The normalized spacial score (nSPS) is 26.4. The van der Waals surface area contributed by atoms with Gasteiger partial charge in [0.1, 0.15) is 0 Å². The van der Waals surface area contributed by atoms with Gasteiger partial charge < -0.3 is 18.9 Å². The molecule has 2 aromatic rings. The highest BCUT2D eigenvalue weighted by atomic mass is 16.5. The van der Waals surface area contributed by atoms with E-state index in [9.17, 15) is 0 Å². The number of ether oxygens (including phenoxy) is 2. The minimum Gasteiger partial charge on any atom is -0.498 e. The zero-order valence-electron chi connectivity index (χ0n) is 17.5. The smallest absolute Gasteiger partial charge is 0.0961 e. The lowest BCUT2D eigenvalue weighted by molar-refractivity contribution is 0.176. The first-order valence-corrected chi connectivity index (χ1v) is 11.1. The summed E-state index contributed by atoms with van der Waals surface area (Å²) in [5, 5.41) is 1.29. The van der Waals surface area contributed by atoms with E-state index in [0.717, 1.165) is 31.6 Å². The molecule has 0 N–H and O–H groups in total. The maximum atomic E-state index is 6.20. The first-order chi connectivity index (χ1) is 14.3. The van der Waals surface area contributed by atoms with Gasteiger partial charge in [0.05, 0.1) is 24.5 Å². The summed E-state index contributed by atoms with van der Waals surface area (Å²) >= 11 is 0. The number of nitrogens with zero attached hydrogens (tertiary/aromatic N) is 2. The second-order valence-corrected chi connectivity index (χ2v) is 8.75. The van der Waals surface area contributed by atoms with Gasteiger partial charge in [-0.25, -0.2) is 0 Å². The maximum absolute atomic E-state index is 6.20. The van der Waals surface area contributed by atoms with Gasteiger partial charge in [-0.3, -0.25) is 0 Å². The molecule has 4 nitrogen and oxygen atoms in total. The maximum Gasteiger partial charge on any atom is 0.0961 e. The lowest BCUT2D eigenvalue weighted by Crippen LogP contribution is -2.21. The van der Waals surface area contributed by atoms with Crippen LogP contribution in [0.15, 0.2) is 54.3 Å². The van der Waals surface area contributed by atoms with E-state index in [4.69, 9.17) is 9.47 Å². The number of benzene rings is 1. The summed E-state index contributed by atoms with van der Waals surface area (Å²) in [7, 11) is 1.78. The van der Waals surface area contributed by atoms with Crippen molar-refractivity contribution in [1.82, 2.24) is 9.47 Å². The van der Waals surface area contributed by atoms with Crippen molar-refractivity contribution in [3.8, 4) is 0 Å². The van der Waals surface area contributed by atoms with Gasteiger partial charge in [0, 0.05) is 37.2 Å². The summed E-state index contributed by atoms with van der Waals surface area (Å²) in [6, 6.07) is 11.0. The minimum absolute atomic E-state index is 0.0393. The Kier molecular flexibility index (Phi) is 5.23. The number of methoxy groups -OCH3 is 1. The molecule has 5 rings (SSSR count). The van der Waals surface area contributed by atoms with E-state index in [1.54, 1.807) is 7.11 Å². The van der Waals surface area contributed by atoms with Crippen LogP contribution in [-0.4, -0.2) is 42.8 Å². The third kappa shape index (κ3) is 3.64. The van der Waals surface area contributed by atoms with E-state index >= 15 is 0 Å². The van der Waals surface area contributed by atoms with Crippen LogP contribution in [0.1, 0.15) is 37.8 Å². The molecular formula is C25H32N2O2. The van der Waals surface area contributed by atoms with Gasteiger partial charge >= 0.3 is 0 Å². The number of fused-ring (bicyclic) bond motifs is 2. The molecule has 1 saturated carbocycles. The minimum atomic E-state index is 0.0393. The van der Waals surface area contributed by atoms with Crippen molar-refractivity contribution in [2.24, 2.45) is 5.92 Å². The van der Waals surface area contributed by atoms with Gasteiger partial charge in [-0.15, -0.1) is 0 Å². The van der Waals surface area contributed by atoms with E-state index in [1.807, 2.05) is 0 Å². The highest BCUT2D eigenvalue weighted by Crippen LogP contribution is 2.56. The molecule has 154 valence electrons. The number of rotatable bonds is 8. The molecule has 0 bridgehead atoms. The van der Waals surface area contributed by atoms with Crippen molar-refractivity contribution in [2.45, 2.75) is 44.2 Å². The summed E-state index contributed by atoms with van der Waals surface area (Å²) in [6.07, 6.45) is 13.0. The lowest BCUT2D eigenvalue weighted by Gasteiger charge is -2.20. The zero-order valence-corrected chi connectivity index (χ0v) is 17.5. The van der Waals surface area contributed by atoms with Gasteiger partial charge in [-0.05, 0) is 62.4 Å². The van der Waals surface area contributed by atoms with Crippen LogP contribution in [0.4, 0.5) is 0 Å². The van der Waals surface area contributed by atoms with E-state index in [1.165, 1.54) is 49.1 Å². The number of para-hydroxylation sites is 1. The summed E-state index contributed by atoms with van der Waals surface area (Å²) in [4.78, 5) is 2.56. The van der Waals surface area contributed by atoms with Crippen molar-refractivity contribution >= 4 is 10.9 Å². The molecule has 29 heavy (non-hydrogen) atoms. The largest absolute Gasteiger partial charge is 0.498 e. The average Bonchev–Trinajstić information content (AvgIpc) is 3.04. The highest BCUT2D eigenvalue weighted by Gasteiger charge is 2.54. The van der Waals surface area contributed by atoms with Crippen LogP contribution in [0.2, 0.25) is 0 Å². The van der Waals surface area contributed by atoms with Gasteiger partial charge in [-0.1, -0.05) is 30.4 Å². The molecule has 1 aromatic carbocycles. The molecule has 2 aliphatic carbocycles. The van der Waals surface area contributed by atoms with Crippen molar-refractivity contribution < 1.29 is 9.47 Å². The van der Waals surface area contributed by atoms with Crippen LogP contribution in [0.25, 0.3) is 10.9 Å². The SMILES string of the molecule is COCc1cc2ccccc2n1C12C=CCC(OCCCN3CCCC3)=CC1C2. The van der Waals surface area contributed by atoms with Gasteiger partial charge in [0.2, 0.25) is 0 Å². The van der Waals surface area contributed by atoms with Crippen LogP contribution in [0.5, 0.6) is 0 Å². The molecule has 4 heteroatoms. The first-order valence-electron chi connectivity index (χ1n) is 11.1. The molecule has 3 aliphatic rings. The van der Waals surface area contributed by atoms with Crippen LogP contribution in [0, 0.1) is 5.92 Å². The molecule has 0 radical (unpaired) electrons. The molecule has 2 atom stereocenters. The van der Waals surface area contributed by atoms with Crippen LogP contribution < -0.4 is 0 Å². The van der Waals surface area contributed by atoms with Crippen molar-refractivity contribution in [3.63, 3.8) is 0 Å². The standard InChI is InChI=1S/C25H32N2O2/c1-28-19-22-16-20-8-2-3-10-24(20)27(22)25-11-6-9-23(17-21(25)18-25)29-15-7-14-26-12-4-5-13-26/h2-3,6,8,10-11,16-17,21H,4-5,7,9,12-15,18-19H2,1H3. The summed E-state index contributed by atoms with van der Waals surface area (Å²) in [6.45, 7) is 5.18. The number of hydrogen-bond acceptors (Lipinski definition) is 3. The van der Waals surface area contributed by atoms with Crippen LogP contribution >= 0.6 is 0 Å². The summed E-state index contributed by atoms with van der Waals surface area (Å²) < 4.78 is 14.2. The predicted octanol–water partition coefficient (Wildman–Crippen LogP) is 4.85. The zero-order chi connectivity index (χ0) is 19.7. The third-order valence-corrected chi connectivity index (χ3v) is 6.74. The lowest BCUT2D eigenvalue weighted by atomic mass is 10.1. The molecule has 1 aromatic heterocycles. The Morgan fingerprint density at radius 1 is 1.17 bits per heavy atom. The van der Waals surface area contributed by atoms with E-state index < -0.39 is 0 Å². The van der Waals surface area contributed by atoms with Crippen molar-refractivity contribution in [3.05, 3.63) is 60.0 Å².